The topological polar surface area (TPSA) is 91.7 Å². The van der Waals surface area contributed by atoms with E-state index in [1.54, 1.807) is 20.8 Å². The third kappa shape index (κ3) is 6.05. The number of carbonyl (C=O) groups is 1. The van der Waals surface area contributed by atoms with Crippen LogP contribution < -0.4 is 5.32 Å². The van der Waals surface area contributed by atoms with Gasteiger partial charge in [0.15, 0.2) is 0 Å². The summed E-state index contributed by atoms with van der Waals surface area (Å²) in [7, 11) is 0. The molecular weight excluding hydrogens is 319 g/mol. The Hall–Kier alpha value is -1.08. The molecule has 1 heterocycles. The van der Waals surface area contributed by atoms with Crippen molar-refractivity contribution in [2.45, 2.75) is 38.6 Å². The highest BCUT2D eigenvalue weighted by Crippen LogP contribution is 2.25. The largest absolute Gasteiger partial charge is 0.444 e. The van der Waals surface area contributed by atoms with Crippen LogP contribution in [0.3, 0.4) is 0 Å². The minimum absolute atomic E-state index is 0.00804. The van der Waals surface area contributed by atoms with Crippen LogP contribution in [0.15, 0.2) is 12.1 Å². The second kappa shape index (κ2) is 7.26. The smallest absolute Gasteiger partial charge is 0.407 e. The van der Waals surface area contributed by atoms with Crippen LogP contribution in [0.2, 0.25) is 10.3 Å². The van der Waals surface area contributed by atoms with Gasteiger partial charge in [-0.1, -0.05) is 29.3 Å². The predicted octanol–water partition coefficient (Wildman–Crippen LogP) is 2.31. The zero-order chi connectivity index (χ0) is 16.2. The van der Waals surface area contributed by atoms with Gasteiger partial charge in [0, 0.05) is 12.1 Å². The second-order valence-electron chi connectivity index (χ2n) is 5.41. The predicted molar refractivity (Wildman–Crippen MR) is 79.5 cm³/mol. The van der Waals surface area contributed by atoms with Crippen molar-refractivity contribution in [2.75, 3.05) is 6.54 Å². The minimum Gasteiger partial charge on any atom is -0.444 e. The first-order valence-electron chi connectivity index (χ1n) is 6.25. The first-order chi connectivity index (χ1) is 9.60. The second-order valence-corrected chi connectivity index (χ2v) is 6.15. The van der Waals surface area contributed by atoms with E-state index in [2.05, 4.69) is 10.3 Å². The van der Waals surface area contributed by atoms with Crippen LogP contribution in [-0.4, -0.2) is 39.5 Å². The lowest BCUT2D eigenvalue weighted by atomic mass is 10.1. The number of nitrogens with one attached hydrogen (secondary N) is 1. The molecule has 21 heavy (non-hydrogen) atoms. The Labute approximate surface area is 133 Å². The third-order valence-electron chi connectivity index (χ3n) is 2.38. The van der Waals surface area contributed by atoms with Crippen molar-refractivity contribution in [1.29, 1.82) is 0 Å². The van der Waals surface area contributed by atoms with Crippen LogP contribution in [-0.2, 0) is 4.74 Å². The van der Waals surface area contributed by atoms with Crippen LogP contribution in [0.1, 0.15) is 32.4 Å². The molecule has 0 saturated carbocycles. The van der Waals surface area contributed by atoms with Crippen LogP contribution in [0.25, 0.3) is 0 Å². The van der Waals surface area contributed by atoms with E-state index in [0.29, 0.717) is 0 Å². The molecule has 6 nitrogen and oxygen atoms in total. The molecule has 8 heteroatoms. The van der Waals surface area contributed by atoms with Gasteiger partial charge in [-0.2, -0.15) is 0 Å². The van der Waals surface area contributed by atoms with Gasteiger partial charge in [-0.05, 0) is 26.8 Å². The third-order valence-corrected chi connectivity index (χ3v) is 2.89. The summed E-state index contributed by atoms with van der Waals surface area (Å²) in [5.41, 5.74) is -0.420. The number of aliphatic hydroxyl groups excluding tert-OH is 2. The molecule has 2 atom stereocenters. The molecule has 0 bridgehead atoms. The van der Waals surface area contributed by atoms with Crippen LogP contribution in [0.5, 0.6) is 0 Å². The summed E-state index contributed by atoms with van der Waals surface area (Å²) in [6.45, 7) is 4.96. The molecule has 0 aliphatic rings. The Morgan fingerprint density at radius 1 is 1.38 bits per heavy atom. The lowest BCUT2D eigenvalue weighted by Crippen LogP contribution is -2.38. The molecule has 1 rings (SSSR count). The fourth-order valence-electron chi connectivity index (χ4n) is 1.46. The summed E-state index contributed by atoms with van der Waals surface area (Å²) in [5.74, 6) is 0. The zero-order valence-corrected chi connectivity index (χ0v) is 13.4. The summed E-state index contributed by atoms with van der Waals surface area (Å²) < 4.78 is 5.01. The molecule has 1 aromatic rings. The van der Waals surface area contributed by atoms with Gasteiger partial charge < -0.3 is 20.3 Å². The molecule has 2 unspecified atom stereocenters. The Morgan fingerprint density at radius 2 is 2.00 bits per heavy atom. The average Bonchev–Trinajstić information content (AvgIpc) is 2.33. The van der Waals surface area contributed by atoms with Gasteiger partial charge in [-0.25, -0.2) is 9.78 Å². The highest BCUT2D eigenvalue weighted by atomic mass is 35.5. The number of rotatable bonds is 4. The van der Waals surface area contributed by atoms with Crippen molar-refractivity contribution in [3.05, 3.63) is 28.0 Å². The van der Waals surface area contributed by atoms with Crippen molar-refractivity contribution in [2.24, 2.45) is 0 Å². The van der Waals surface area contributed by atoms with E-state index in [0.717, 1.165) is 0 Å². The standard InChI is InChI=1S/C13H18Cl2N2O4/c1-13(2,3)21-12(20)16-6-8(18)10(19)7-4-5-9(14)17-11(7)15/h4-5,8,10,18-19H,6H2,1-3H3,(H,16,20). The van der Waals surface area contributed by atoms with Crippen molar-refractivity contribution in [3.8, 4) is 0 Å². The molecule has 0 saturated heterocycles. The summed E-state index contributed by atoms with van der Waals surface area (Å²) in [5, 5.41) is 22.4. The number of nitrogens with zero attached hydrogens (tertiary/aromatic N) is 1. The number of carbonyl (C=O) groups excluding carboxylic acids is 1. The highest BCUT2D eigenvalue weighted by Gasteiger charge is 2.23. The molecule has 0 aliphatic carbocycles. The lowest BCUT2D eigenvalue weighted by Gasteiger charge is -2.22. The maximum Gasteiger partial charge on any atom is 0.407 e. The van der Waals surface area contributed by atoms with Gasteiger partial charge >= 0.3 is 6.09 Å². The molecule has 0 spiro atoms. The quantitative estimate of drug-likeness (QED) is 0.734. The van der Waals surface area contributed by atoms with E-state index in [9.17, 15) is 15.0 Å². The summed E-state index contributed by atoms with van der Waals surface area (Å²) in [6, 6.07) is 2.90. The molecule has 0 radical (unpaired) electrons. The Balaban J connectivity index is 2.59. The van der Waals surface area contributed by atoms with E-state index < -0.39 is 23.9 Å². The molecule has 3 N–H and O–H groups in total. The molecule has 1 amide bonds. The van der Waals surface area contributed by atoms with Gasteiger partial charge in [0.1, 0.15) is 28.1 Å². The number of amides is 1. The number of aliphatic hydroxyl groups is 2. The van der Waals surface area contributed by atoms with Crippen LogP contribution >= 0.6 is 23.2 Å². The maximum absolute atomic E-state index is 11.5. The fraction of sp³-hybridized carbons (Fsp3) is 0.538. The first kappa shape index (κ1) is 18.0. The Morgan fingerprint density at radius 3 is 2.52 bits per heavy atom. The minimum atomic E-state index is -1.31. The van der Waals surface area contributed by atoms with Crippen molar-refractivity contribution in [3.63, 3.8) is 0 Å². The van der Waals surface area contributed by atoms with E-state index >= 15 is 0 Å². The van der Waals surface area contributed by atoms with Gasteiger partial charge in [0.25, 0.3) is 0 Å². The number of alkyl carbamates (subject to hydrolysis) is 1. The summed E-state index contributed by atoms with van der Waals surface area (Å²) in [4.78, 5) is 15.2. The monoisotopic (exact) mass is 336 g/mol. The zero-order valence-electron chi connectivity index (χ0n) is 11.9. The Bertz CT molecular complexity index is 505. The Kier molecular flexibility index (Phi) is 6.22. The number of halogens is 2. The van der Waals surface area contributed by atoms with Crippen LogP contribution in [0, 0.1) is 0 Å². The number of hydrogen-bond acceptors (Lipinski definition) is 5. The van der Waals surface area contributed by atoms with Gasteiger partial charge in [-0.15, -0.1) is 0 Å². The summed E-state index contributed by atoms with van der Waals surface area (Å²) >= 11 is 11.5. The fourth-order valence-corrected chi connectivity index (χ4v) is 1.92. The van der Waals surface area contributed by atoms with Crippen molar-refractivity contribution < 1.29 is 19.7 Å². The normalized spacial score (nSPS) is 14.4. The van der Waals surface area contributed by atoms with Crippen molar-refractivity contribution in [1.82, 2.24) is 10.3 Å². The molecule has 0 fully saturated rings. The maximum atomic E-state index is 11.5. The molecule has 0 aliphatic heterocycles. The van der Waals surface area contributed by atoms with Crippen LogP contribution in [0.4, 0.5) is 4.79 Å². The van der Waals surface area contributed by atoms with Gasteiger partial charge in [-0.3, -0.25) is 0 Å². The lowest BCUT2D eigenvalue weighted by molar-refractivity contribution is 0.0128. The average molecular weight is 337 g/mol. The molecule has 118 valence electrons. The molecule has 0 aromatic carbocycles. The number of hydrogen-bond donors (Lipinski definition) is 3. The van der Waals surface area contributed by atoms with Crippen molar-refractivity contribution >= 4 is 29.3 Å². The summed E-state index contributed by atoms with van der Waals surface area (Å²) in [6.07, 6.45) is -3.26. The van der Waals surface area contributed by atoms with E-state index in [-0.39, 0.29) is 22.4 Å². The van der Waals surface area contributed by atoms with E-state index in [1.807, 2.05) is 0 Å². The highest BCUT2D eigenvalue weighted by molar-refractivity contribution is 6.32. The SMILES string of the molecule is CC(C)(C)OC(=O)NCC(O)C(O)c1ccc(Cl)nc1Cl. The molecule has 1 aromatic heterocycles. The molecular formula is C13H18Cl2N2O4. The van der Waals surface area contributed by atoms with Gasteiger partial charge in [0.05, 0.1) is 0 Å². The number of ether oxygens (including phenoxy) is 1. The van der Waals surface area contributed by atoms with E-state index in [4.69, 9.17) is 27.9 Å². The number of pyridine rings is 1. The number of aromatic nitrogens is 1. The van der Waals surface area contributed by atoms with Gasteiger partial charge in [0.2, 0.25) is 0 Å². The first-order valence-corrected chi connectivity index (χ1v) is 7.00. The van der Waals surface area contributed by atoms with E-state index in [1.165, 1.54) is 12.1 Å².